The van der Waals surface area contributed by atoms with E-state index in [-0.39, 0.29) is 11.6 Å². The number of carbonyl (C=O) groups is 1. The number of nitrogens with zero attached hydrogens (tertiary/aromatic N) is 1. The molecule has 92 valence electrons. The van der Waals surface area contributed by atoms with Crippen LogP contribution in [0.5, 0.6) is 0 Å². The molecule has 0 heterocycles. The summed E-state index contributed by atoms with van der Waals surface area (Å²) in [6.07, 6.45) is 0. The predicted octanol–water partition coefficient (Wildman–Crippen LogP) is 2.12. The molecule has 6 nitrogen and oxygen atoms in total. The van der Waals surface area contributed by atoms with E-state index in [1.807, 2.05) is 0 Å². The first-order valence-corrected chi connectivity index (χ1v) is 5.15. The summed E-state index contributed by atoms with van der Waals surface area (Å²) in [4.78, 5) is 20.9. The van der Waals surface area contributed by atoms with Gasteiger partial charge in [0.1, 0.15) is 6.04 Å². The average molecular weight is 238 g/mol. The molecule has 0 saturated heterocycles. The highest BCUT2D eigenvalue weighted by Gasteiger charge is 2.21. The minimum atomic E-state index is -0.946. The molecule has 1 rings (SSSR count). The number of carboxylic acid groups (broad SMARTS) is 1. The Morgan fingerprint density at radius 1 is 1.35 bits per heavy atom. The van der Waals surface area contributed by atoms with Crippen LogP contribution in [0.1, 0.15) is 13.8 Å². The number of nitro groups is 1. The SMILES string of the molecule is CC(C)C(Nc1ccc([N+](=O)[O-])cc1)C(=O)O. The lowest BCUT2D eigenvalue weighted by molar-refractivity contribution is -0.384. The lowest BCUT2D eigenvalue weighted by atomic mass is 10.0. The molecule has 1 unspecified atom stereocenters. The van der Waals surface area contributed by atoms with Crippen LogP contribution in [0.25, 0.3) is 0 Å². The van der Waals surface area contributed by atoms with Crippen LogP contribution < -0.4 is 5.32 Å². The van der Waals surface area contributed by atoms with E-state index >= 15 is 0 Å². The molecule has 0 amide bonds. The number of aliphatic carboxylic acids is 1. The number of hydrogen-bond donors (Lipinski definition) is 2. The van der Waals surface area contributed by atoms with Crippen molar-refractivity contribution in [1.82, 2.24) is 0 Å². The molecule has 1 aromatic carbocycles. The minimum Gasteiger partial charge on any atom is -0.480 e. The van der Waals surface area contributed by atoms with Gasteiger partial charge < -0.3 is 10.4 Å². The minimum absolute atomic E-state index is 0.0213. The second-order valence-corrected chi connectivity index (χ2v) is 4.01. The number of non-ortho nitro benzene ring substituents is 1. The summed E-state index contributed by atoms with van der Waals surface area (Å²) in [5, 5.41) is 22.2. The molecule has 0 aliphatic heterocycles. The van der Waals surface area contributed by atoms with Gasteiger partial charge in [-0.2, -0.15) is 0 Å². The fraction of sp³-hybridized carbons (Fsp3) is 0.364. The Morgan fingerprint density at radius 3 is 2.24 bits per heavy atom. The topological polar surface area (TPSA) is 92.5 Å². The van der Waals surface area contributed by atoms with E-state index in [9.17, 15) is 14.9 Å². The number of benzene rings is 1. The van der Waals surface area contributed by atoms with Gasteiger partial charge in [-0.25, -0.2) is 4.79 Å². The summed E-state index contributed by atoms with van der Waals surface area (Å²) in [6, 6.07) is 4.95. The number of anilines is 1. The first-order valence-electron chi connectivity index (χ1n) is 5.15. The fourth-order valence-corrected chi connectivity index (χ4v) is 1.37. The van der Waals surface area contributed by atoms with Gasteiger partial charge in [0.15, 0.2) is 0 Å². The van der Waals surface area contributed by atoms with Gasteiger partial charge in [-0.3, -0.25) is 10.1 Å². The van der Waals surface area contributed by atoms with Crippen molar-refractivity contribution >= 4 is 17.3 Å². The third kappa shape index (κ3) is 3.44. The van der Waals surface area contributed by atoms with Crippen molar-refractivity contribution in [1.29, 1.82) is 0 Å². The molecule has 17 heavy (non-hydrogen) atoms. The first-order chi connectivity index (χ1) is 7.91. The van der Waals surface area contributed by atoms with Crippen molar-refractivity contribution in [2.24, 2.45) is 5.92 Å². The Balaban J connectivity index is 2.80. The maximum atomic E-state index is 10.9. The molecule has 0 radical (unpaired) electrons. The molecule has 1 aromatic rings. The molecular weight excluding hydrogens is 224 g/mol. The number of carboxylic acids is 1. The van der Waals surface area contributed by atoms with Crippen molar-refractivity contribution in [3.8, 4) is 0 Å². The molecule has 1 atom stereocenters. The van der Waals surface area contributed by atoms with Crippen LogP contribution in [0.2, 0.25) is 0 Å². The van der Waals surface area contributed by atoms with Crippen LogP contribution in [-0.2, 0) is 4.79 Å². The van der Waals surface area contributed by atoms with Gasteiger partial charge in [-0.15, -0.1) is 0 Å². The first kappa shape index (κ1) is 13.0. The number of hydrogen-bond acceptors (Lipinski definition) is 4. The lowest BCUT2D eigenvalue weighted by Gasteiger charge is -2.18. The van der Waals surface area contributed by atoms with Crippen molar-refractivity contribution in [2.45, 2.75) is 19.9 Å². The summed E-state index contributed by atoms with van der Waals surface area (Å²) in [5.74, 6) is -1.03. The zero-order chi connectivity index (χ0) is 13.0. The largest absolute Gasteiger partial charge is 0.480 e. The fourth-order valence-electron chi connectivity index (χ4n) is 1.37. The molecule has 0 aromatic heterocycles. The Kier molecular flexibility index (Phi) is 4.03. The van der Waals surface area contributed by atoms with E-state index in [0.717, 1.165) is 0 Å². The van der Waals surface area contributed by atoms with E-state index < -0.39 is 16.9 Å². The highest BCUT2D eigenvalue weighted by molar-refractivity contribution is 5.77. The van der Waals surface area contributed by atoms with Crippen molar-refractivity contribution in [3.05, 3.63) is 34.4 Å². The van der Waals surface area contributed by atoms with E-state index in [0.29, 0.717) is 5.69 Å². The summed E-state index contributed by atoms with van der Waals surface area (Å²) >= 11 is 0. The maximum absolute atomic E-state index is 10.9. The third-order valence-corrected chi connectivity index (χ3v) is 2.33. The van der Waals surface area contributed by atoms with Gasteiger partial charge in [0.2, 0.25) is 0 Å². The normalized spacial score (nSPS) is 12.2. The molecule has 0 aliphatic rings. The van der Waals surface area contributed by atoms with Crippen LogP contribution in [0.15, 0.2) is 24.3 Å². The molecule has 0 saturated carbocycles. The molecule has 0 spiro atoms. The van der Waals surface area contributed by atoms with Gasteiger partial charge >= 0.3 is 5.97 Å². The Labute approximate surface area is 98.4 Å². The molecule has 6 heteroatoms. The van der Waals surface area contributed by atoms with E-state index in [2.05, 4.69) is 5.32 Å². The molecule has 0 bridgehead atoms. The van der Waals surface area contributed by atoms with Crippen LogP contribution in [0.3, 0.4) is 0 Å². The summed E-state index contributed by atoms with van der Waals surface area (Å²) < 4.78 is 0. The van der Waals surface area contributed by atoms with E-state index in [1.165, 1.54) is 24.3 Å². The summed E-state index contributed by atoms with van der Waals surface area (Å²) in [6.45, 7) is 3.58. The zero-order valence-corrected chi connectivity index (χ0v) is 9.58. The Morgan fingerprint density at radius 2 is 1.88 bits per heavy atom. The molecule has 0 aliphatic carbocycles. The summed E-state index contributed by atoms with van der Waals surface area (Å²) in [5.41, 5.74) is 0.531. The second-order valence-electron chi connectivity index (χ2n) is 4.01. The number of rotatable bonds is 5. The predicted molar refractivity (Wildman–Crippen MR) is 63.0 cm³/mol. The highest BCUT2D eigenvalue weighted by atomic mass is 16.6. The van der Waals surface area contributed by atoms with Gasteiger partial charge in [0, 0.05) is 17.8 Å². The van der Waals surface area contributed by atoms with Crippen LogP contribution in [0, 0.1) is 16.0 Å². The zero-order valence-electron chi connectivity index (χ0n) is 9.58. The Hall–Kier alpha value is -2.11. The van der Waals surface area contributed by atoms with Crippen molar-refractivity contribution in [2.75, 3.05) is 5.32 Å². The quantitative estimate of drug-likeness (QED) is 0.605. The monoisotopic (exact) mass is 238 g/mol. The van der Waals surface area contributed by atoms with Gasteiger partial charge in [0.25, 0.3) is 5.69 Å². The van der Waals surface area contributed by atoms with Gasteiger partial charge in [-0.05, 0) is 18.1 Å². The summed E-state index contributed by atoms with van der Waals surface area (Å²) in [7, 11) is 0. The lowest BCUT2D eigenvalue weighted by Crippen LogP contribution is -2.34. The van der Waals surface area contributed by atoms with Crippen LogP contribution in [-0.4, -0.2) is 22.0 Å². The molecular formula is C11H14N2O4. The maximum Gasteiger partial charge on any atom is 0.326 e. The average Bonchev–Trinajstić information content (AvgIpc) is 2.25. The number of nitro benzene ring substituents is 1. The molecule has 0 fully saturated rings. The Bertz CT molecular complexity index is 414. The van der Waals surface area contributed by atoms with E-state index in [4.69, 9.17) is 5.11 Å². The van der Waals surface area contributed by atoms with Crippen LogP contribution in [0.4, 0.5) is 11.4 Å². The highest BCUT2D eigenvalue weighted by Crippen LogP contribution is 2.17. The second kappa shape index (κ2) is 5.29. The van der Waals surface area contributed by atoms with Crippen LogP contribution >= 0.6 is 0 Å². The number of nitrogens with one attached hydrogen (secondary N) is 1. The van der Waals surface area contributed by atoms with Crippen molar-refractivity contribution < 1.29 is 14.8 Å². The van der Waals surface area contributed by atoms with Gasteiger partial charge in [-0.1, -0.05) is 13.8 Å². The molecule has 2 N–H and O–H groups in total. The van der Waals surface area contributed by atoms with Gasteiger partial charge in [0.05, 0.1) is 4.92 Å². The van der Waals surface area contributed by atoms with Crippen molar-refractivity contribution in [3.63, 3.8) is 0 Å². The standard InChI is InChI=1S/C11H14N2O4/c1-7(2)10(11(14)15)12-8-3-5-9(6-4-8)13(16)17/h3-7,10,12H,1-2H3,(H,14,15). The van der Waals surface area contributed by atoms with E-state index in [1.54, 1.807) is 13.8 Å². The third-order valence-electron chi connectivity index (χ3n) is 2.33. The smallest absolute Gasteiger partial charge is 0.326 e.